The van der Waals surface area contributed by atoms with E-state index in [2.05, 4.69) is 52.2 Å². The van der Waals surface area contributed by atoms with E-state index in [1.807, 2.05) is 0 Å². The summed E-state index contributed by atoms with van der Waals surface area (Å²) < 4.78 is 0. The third kappa shape index (κ3) is 3.79. The maximum absolute atomic E-state index is 4.74. The molecule has 0 aliphatic heterocycles. The van der Waals surface area contributed by atoms with Gasteiger partial charge in [0.2, 0.25) is 0 Å². The molecule has 0 aromatic carbocycles. The van der Waals surface area contributed by atoms with Crippen LogP contribution in [0.15, 0.2) is 5.38 Å². The van der Waals surface area contributed by atoms with Crippen molar-refractivity contribution in [3.63, 3.8) is 0 Å². The number of rotatable bonds is 6. The van der Waals surface area contributed by atoms with Crippen LogP contribution in [0, 0.1) is 0 Å². The summed E-state index contributed by atoms with van der Waals surface area (Å²) in [5, 5.41) is 7.13. The summed E-state index contributed by atoms with van der Waals surface area (Å²) in [7, 11) is 0. The fourth-order valence-electron chi connectivity index (χ4n) is 2.14. The molecular weight excluding hydrogens is 240 g/mol. The Hall–Kier alpha value is -0.410. The highest BCUT2D eigenvalue weighted by atomic mass is 32.1. The van der Waals surface area contributed by atoms with E-state index in [-0.39, 0.29) is 11.0 Å². The topological polar surface area (TPSA) is 24.9 Å². The van der Waals surface area contributed by atoms with Crippen LogP contribution in [0.1, 0.15) is 71.5 Å². The number of hydrogen-bond donors (Lipinski definition) is 1. The molecule has 1 heterocycles. The normalized spacial score (nSPS) is 13.0. The molecule has 1 N–H and O–H groups in total. The van der Waals surface area contributed by atoms with E-state index in [0.29, 0.717) is 0 Å². The molecule has 1 aromatic heterocycles. The maximum Gasteiger partial charge on any atom is 0.0982 e. The summed E-state index contributed by atoms with van der Waals surface area (Å²) in [4.78, 5) is 4.74. The van der Waals surface area contributed by atoms with Gasteiger partial charge in [0, 0.05) is 22.9 Å². The van der Waals surface area contributed by atoms with Crippen molar-refractivity contribution in [1.29, 1.82) is 0 Å². The number of aromatic nitrogens is 1. The summed E-state index contributed by atoms with van der Waals surface area (Å²) in [6, 6.07) is 0. The second kappa shape index (κ2) is 6.16. The Morgan fingerprint density at radius 1 is 1.11 bits per heavy atom. The Morgan fingerprint density at radius 3 is 2.06 bits per heavy atom. The molecule has 0 amide bonds. The van der Waals surface area contributed by atoms with Gasteiger partial charge < -0.3 is 5.32 Å². The fraction of sp³-hybridized carbons (Fsp3) is 0.800. The van der Waals surface area contributed by atoms with Gasteiger partial charge in [0.05, 0.1) is 10.7 Å². The van der Waals surface area contributed by atoms with Crippen LogP contribution in [0.5, 0.6) is 0 Å². The van der Waals surface area contributed by atoms with E-state index in [9.17, 15) is 0 Å². The van der Waals surface area contributed by atoms with Crippen LogP contribution in [-0.4, -0.2) is 10.5 Å². The molecule has 0 bridgehead atoms. The summed E-state index contributed by atoms with van der Waals surface area (Å²) in [5.74, 6) is 0. The molecule has 0 unspecified atom stereocenters. The molecule has 0 saturated carbocycles. The monoisotopic (exact) mass is 268 g/mol. The van der Waals surface area contributed by atoms with E-state index in [1.54, 1.807) is 11.3 Å². The van der Waals surface area contributed by atoms with Crippen molar-refractivity contribution in [3.8, 4) is 0 Å². The standard InChI is InChI=1S/C15H28N2S/c1-7-15(8-2,9-3)16-10-12-11-18-13(17-12)14(4,5)6/h11,16H,7-10H2,1-6H3. The maximum atomic E-state index is 4.74. The van der Waals surface area contributed by atoms with Gasteiger partial charge in [0.25, 0.3) is 0 Å². The molecule has 1 rings (SSSR count). The Morgan fingerprint density at radius 2 is 1.67 bits per heavy atom. The lowest BCUT2D eigenvalue weighted by Gasteiger charge is -2.31. The molecule has 18 heavy (non-hydrogen) atoms. The summed E-state index contributed by atoms with van der Waals surface area (Å²) >= 11 is 1.78. The second-order valence-electron chi connectivity index (χ2n) is 6.09. The minimum absolute atomic E-state index is 0.167. The average molecular weight is 268 g/mol. The first kappa shape index (κ1) is 15.6. The van der Waals surface area contributed by atoms with Crippen molar-refractivity contribution in [2.24, 2.45) is 0 Å². The van der Waals surface area contributed by atoms with Gasteiger partial charge in [-0.3, -0.25) is 0 Å². The van der Waals surface area contributed by atoms with Crippen molar-refractivity contribution >= 4 is 11.3 Å². The number of hydrogen-bond acceptors (Lipinski definition) is 3. The Balaban J connectivity index is 2.66. The van der Waals surface area contributed by atoms with E-state index in [0.717, 1.165) is 6.54 Å². The van der Waals surface area contributed by atoms with Gasteiger partial charge in [0.1, 0.15) is 0 Å². The zero-order valence-corrected chi connectivity index (χ0v) is 13.6. The Labute approximate surface area is 116 Å². The molecule has 3 heteroatoms. The molecule has 0 aliphatic carbocycles. The molecule has 2 nitrogen and oxygen atoms in total. The molecule has 0 spiro atoms. The van der Waals surface area contributed by atoms with Gasteiger partial charge in [-0.15, -0.1) is 11.3 Å². The average Bonchev–Trinajstić information content (AvgIpc) is 2.80. The Kier molecular flexibility index (Phi) is 5.35. The molecular formula is C15H28N2S. The molecule has 0 aliphatic rings. The highest BCUT2D eigenvalue weighted by Crippen LogP contribution is 2.26. The second-order valence-corrected chi connectivity index (χ2v) is 6.95. The molecule has 0 fully saturated rings. The minimum atomic E-state index is 0.167. The highest BCUT2D eigenvalue weighted by molar-refractivity contribution is 7.09. The third-order valence-corrected chi connectivity index (χ3v) is 5.19. The van der Waals surface area contributed by atoms with Crippen LogP contribution in [-0.2, 0) is 12.0 Å². The predicted octanol–water partition coefficient (Wildman–Crippen LogP) is 4.50. The van der Waals surface area contributed by atoms with Crippen LogP contribution < -0.4 is 5.32 Å². The first-order valence-electron chi connectivity index (χ1n) is 7.06. The van der Waals surface area contributed by atoms with Gasteiger partial charge in [-0.2, -0.15) is 0 Å². The minimum Gasteiger partial charge on any atom is -0.306 e. The van der Waals surface area contributed by atoms with Crippen molar-refractivity contribution in [2.75, 3.05) is 0 Å². The molecule has 1 aromatic rings. The molecule has 0 saturated heterocycles. The van der Waals surface area contributed by atoms with Crippen LogP contribution in [0.3, 0.4) is 0 Å². The van der Waals surface area contributed by atoms with Gasteiger partial charge in [0.15, 0.2) is 0 Å². The molecule has 0 atom stereocenters. The van der Waals surface area contributed by atoms with Crippen LogP contribution in [0.2, 0.25) is 0 Å². The lowest BCUT2D eigenvalue weighted by molar-refractivity contribution is 0.287. The van der Waals surface area contributed by atoms with Crippen molar-refractivity contribution in [3.05, 3.63) is 16.1 Å². The lowest BCUT2D eigenvalue weighted by atomic mass is 9.90. The van der Waals surface area contributed by atoms with Crippen molar-refractivity contribution < 1.29 is 0 Å². The van der Waals surface area contributed by atoms with Gasteiger partial charge in [-0.25, -0.2) is 4.98 Å². The van der Waals surface area contributed by atoms with Crippen molar-refractivity contribution in [1.82, 2.24) is 10.3 Å². The van der Waals surface area contributed by atoms with Gasteiger partial charge >= 0.3 is 0 Å². The Bertz CT molecular complexity index is 351. The third-order valence-electron chi connectivity index (χ3n) is 3.87. The first-order valence-corrected chi connectivity index (χ1v) is 7.94. The largest absolute Gasteiger partial charge is 0.306 e. The first-order chi connectivity index (χ1) is 8.37. The van der Waals surface area contributed by atoms with E-state index in [4.69, 9.17) is 4.98 Å². The van der Waals surface area contributed by atoms with E-state index >= 15 is 0 Å². The molecule has 0 radical (unpaired) electrons. The zero-order chi connectivity index (χ0) is 13.8. The number of thiazole rings is 1. The summed E-state index contributed by atoms with van der Waals surface area (Å²) in [6.45, 7) is 14.3. The zero-order valence-electron chi connectivity index (χ0n) is 12.8. The van der Waals surface area contributed by atoms with E-state index < -0.39 is 0 Å². The summed E-state index contributed by atoms with van der Waals surface area (Å²) in [5.41, 5.74) is 1.64. The highest BCUT2D eigenvalue weighted by Gasteiger charge is 2.23. The van der Waals surface area contributed by atoms with Gasteiger partial charge in [-0.05, 0) is 19.3 Å². The fourth-order valence-corrected chi connectivity index (χ4v) is 3.04. The van der Waals surface area contributed by atoms with Gasteiger partial charge in [-0.1, -0.05) is 41.5 Å². The molecule has 104 valence electrons. The van der Waals surface area contributed by atoms with Crippen LogP contribution in [0.25, 0.3) is 0 Å². The smallest absolute Gasteiger partial charge is 0.0982 e. The van der Waals surface area contributed by atoms with E-state index in [1.165, 1.54) is 30.0 Å². The lowest BCUT2D eigenvalue weighted by Crippen LogP contribution is -2.43. The van der Waals surface area contributed by atoms with Crippen molar-refractivity contribution in [2.45, 2.75) is 78.3 Å². The van der Waals surface area contributed by atoms with Crippen LogP contribution >= 0.6 is 11.3 Å². The predicted molar refractivity (Wildman–Crippen MR) is 81.3 cm³/mol. The SMILES string of the molecule is CCC(CC)(CC)NCc1csc(C(C)(C)C)n1. The summed E-state index contributed by atoms with van der Waals surface area (Å²) in [6.07, 6.45) is 3.53. The number of nitrogens with zero attached hydrogens (tertiary/aromatic N) is 1. The van der Waals surface area contributed by atoms with Crippen LogP contribution in [0.4, 0.5) is 0 Å². The number of nitrogens with one attached hydrogen (secondary N) is 1. The quantitative estimate of drug-likeness (QED) is 0.821.